The standard InChI is InChI=1S/C25H27FN2O3S/c1-16-15-17(2)19(4)24(18(16)3)32(30,31)28-23-8-6-5-7-22(23)25(29)27-14-13-20-9-11-21(26)12-10-20/h5-12,15,28H,13-14H2,1-4H3,(H,27,29). The van der Waals surface area contributed by atoms with Crippen LogP contribution in [0.2, 0.25) is 0 Å². The highest BCUT2D eigenvalue weighted by Crippen LogP contribution is 2.28. The van der Waals surface area contributed by atoms with Crippen LogP contribution in [0, 0.1) is 33.5 Å². The van der Waals surface area contributed by atoms with Gasteiger partial charge in [-0.15, -0.1) is 0 Å². The van der Waals surface area contributed by atoms with Crippen molar-refractivity contribution in [2.24, 2.45) is 0 Å². The fourth-order valence-electron chi connectivity index (χ4n) is 3.62. The highest BCUT2D eigenvalue weighted by Gasteiger charge is 2.24. The Morgan fingerprint density at radius 2 is 1.50 bits per heavy atom. The average Bonchev–Trinajstić information content (AvgIpc) is 2.74. The number of carbonyl (C=O) groups is 1. The van der Waals surface area contributed by atoms with Crippen molar-refractivity contribution < 1.29 is 17.6 Å². The van der Waals surface area contributed by atoms with E-state index in [1.54, 1.807) is 50.2 Å². The molecular formula is C25H27FN2O3S. The molecule has 5 nitrogen and oxygen atoms in total. The second kappa shape index (κ2) is 9.53. The lowest BCUT2D eigenvalue weighted by Crippen LogP contribution is -2.27. The quantitative estimate of drug-likeness (QED) is 0.537. The third kappa shape index (κ3) is 5.16. The molecule has 1 amide bonds. The zero-order valence-electron chi connectivity index (χ0n) is 18.6. The molecule has 0 aromatic heterocycles. The molecule has 7 heteroatoms. The Bertz CT molecular complexity index is 1230. The Balaban J connectivity index is 1.81. The monoisotopic (exact) mass is 454 g/mol. The first-order chi connectivity index (χ1) is 15.1. The van der Waals surface area contributed by atoms with Crippen LogP contribution < -0.4 is 10.0 Å². The molecule has 0 aliphatic heterocycles. The number of benzene rings is 3. The van der Waals surface area contributed by atoms with Gasteiger partial charge in [-0.05, 0) is 86.2 Å². The summed E-state index contributed by atoms with van der Waals surface area (Å²) in [5, 5.41) is 2.80. The summed E-state index contributed by atoms with van der Waals surface area (Å²) in [7, 11) is -3.91. The summed E-state index contributed by atoms with van der Waals surface area (Å²) in [6, 6.07) is 14.5. The molecule has 0 heterocycles. The molecule has 3 aromatic carbocycles. The van der Waals surface area contributed by atoms with Crippen molar-refractivity contribution in [2.75, 3.05) is 11.3 Å². The van der Waals surface area contributed by atoms with E-state index in [1.807, 2.05) is 19.9 Å². The summed E-state index contributed by atoms with van der Waals surface area (Å²) in [5.74, 6) is -0.701. The molecule has 0 radical (unpaired) electrons. The molecule has 0 bridgehead atoms. The minimum Gasteiger partial charge on any atom is -0.352 e. The lowest BCUT2D eigenvalue weighted by atomic mass is 10.0. The van der Waals surface area contributed by atoms with Crippen molar-refractivity contribution in [3.8, 4) is 0 Å². The van der Waals surface area contributed by atoms with Gasteiger partial charge in [-0.1, -0.05) is 30.3 Å². The molecule has 0 saturated carbocycles. The van der Waals surface area contributed by atoms with Crippen LogP contribution in [0.15, 0.2) is 59.5 Å². The molecule has 0 unspecified atom stereocenters. The Kier molecular flexibility index (Phi) is 6.99. The lowest BCUT2D eigenvalue weighted by molar-refractivity contribution is 0.0955. The molecule has 0 spiro atoms. The van der Waals surface area contributed by atoms with Gasteiger partial charge in [-0.2, -0.15) is 0 Å². The van der Waals surface area contributed by atoms with E-state index in [9.17, 15) is 17.6 Å². The number of aryl methyl sites for hydroxylation is 2. The van der Waals surface area contributed by atoms with E-state index in [0.29, 0.717) is 24.1 Å². The molecule has 168 valence electrons. The van der Waals surface area contributed by atoms with Crippen LogP contribution in [-0.2, 0) is 16.4 Å². The minimum absolute atomic E-state index is 0.213. The largest absolute Gasteiger partial charge is 0.352 e. The third-order valence-corrected chi connectivity index (χ3v) is 7.23. The van der Waals surface area contributed by atoms with E-state index in [0.717, 1.165) is 16.7 Å². The molecule has 2 N–H and O–H groups in total. The Hall–Kier alpha value is -3.19. The molecule has 0 aliphatic rings. The van der Waals surface area contributed by atoms with Crippen molar-refractivity contribution in [2.45, 2.75) is 39.0 Å². The molecule has 0 fully saturated rings. The Labute approximate surface area is 188 Å². The number of carbonyl (C=O) groups excluding carboxylic acids is 1. The summed E-state index contributed by atoms with van der Waals surface area (Å²) >= 11 is 0. The van der Waals surface area contributed by atoms with Crippen LogP contribution >= 0.6 is 0 Å². The molecule has 0 atom stereocenters. The maximum absolute atomic E-state index is 13.3. The second-order valence-corrected chi connectivity index (χ2v) is 9.49. The van der Waals surface area contributed by atoms with Crippen molar-refractivity contribution in [1.29, 1.82) is 0 Å². The first kappa shape index (κ1) is 23.5. The van der Waals surface area contributed by atoms with Crippen LogP contribution in [0.5, 0.6) is 0 Å². The van der Waals surface area contributed by atoms with Crippen LogP contribution in [0.25, 0.3) is 0 Å². The molecule has 0 aliphatic carbocycles. The normalized spacial score (nSPS) is 11.3. The average molecular weight is 455 g/mol. The van der Waals surface area contributed by atoms with Crippen molar-refractivity contribution in [1.82, 2.24) is 5.32 Å². The molecule has 3 aromatic rings. The van der Waals surface area contributed by atoms with Crippen molar-refractivity contribution >= 4 is 21.6 Å². The van der Waals surface area contributed by atoms with E-state index < -0.39 is 10.0 Å². The van der Waals surface area contributed by atoms with E-state index in [2.05, 4.69) is 10.0 Å². The van der Waals surface area contributed by atoms with Crippen LogP contribution in [0.3, 0.4) is 0 Å². The number of halogens is 1. The minimum atomic E-state index is -3.91. The SMILES string of the molecule is Cc1cc(C)c(C)c(S(=O)(=O)Nc2ccccc2C(=O)NCCc2ccc(F)cc2)c1C. The van der Waals surface area contributed by atoms with Gasteiger partial charge in [-0.3, -0.25) is 9.52 Å². The van der Waals surface area contributed by atoms with Gasteiger partial charge in [0.05, 0.1) is 16.1 Å². The fourth-order valence-corrected chi connectivity index (χ4v) is 5.31. The highest BCUT2D eigenvalue weighted by atomic mass is 32.2. The fraction of sp³-hybridized carbons (Fsp3) is 0.240. The van der Waals surface area contributed by atoms with E-state index >= 15 is 0 Å². The predicted octanol–water partition coefficient (Wildman–Crippen LogP) is 4.83. The molecule has 3 rings (SSSR count). The van der Waals surface area contributed by atoms with Crippen LogP contribution in [-0.4, -0.2) is 20.9 Å². The summed E-state index contributed by atoms with van der Waals surface area (Å²) < 4.78 is 42.2. The Morgan fingerprint density at radius 1 is 0.906 bits per heavy atom. The topological polar surface area (TPSA) is 75.3 Å². The maximum Gasteiger partial charge on any atom is 0.262 e. The Morgan fingerprint density at radius 3 is 2.12 bits per heavy atom. The second-order valence-electron chi connectivity index (χ2n) is 7.87. The number of hydrogen-bond donors (Lipinski definition) is 2. The number of nitrogens with one attached hydrogen (secondary N) is 2. The van der Waals surface area contributed by atoms with Crippen LogP contribution in [0.1, 0.15) is 38.2 Å². The summed E-state index contributed by atoms with van der Waals surface area (Å²) in [6.45, 7) is 7.66. The zero-order valence-corrected chi connectivity index (χ0v) is 19.4. The lowest BCUT2D eigenvalue weighted by Gasteiger charge is -2.18. The number of rotatable bonds is 7. The number of para-hydroxylation sites is 1. The summed E-state index contributed by atoms with van der Waals surface area (Å²) in [6.07, 6.45) is 0.529. The summed E-state index contributed by atoms with van der Waals surface area (Å²) in [4.78, 5) is 13.0. The molecular weight excluding hydrogens is 427 g/mol. The molecule has 0 saturated heterocycles. The maximum atomic E-state index is 13.3. The van der Waals surface area contributed by atoms with Gasteiger partial charge in [0.1, 0.15) is 5.82 Å². The van der Waals surface area contributed by atoms with Crippen molar-refractivity contribution in [3.05, 3.63) is 93.8 Å². The smallest absolute Gasteiger partial charge is 0.262 e. The number of hydrogen-bond acceptors (Lipinski definition) is 3. The summed E-state index contributed by atoms with van der Waals surface area (Å²) in [5.41, 5.74) is 4.48. The van der Waals surface area contributed by atoms with Gasteiger partial charge in [-0.25, -0.2) is 12.8 Å². The zero-order chi connectivity index (χ0) is 23.5. The first-order valence-corrected chi connectivity index (χ1v) is 11.8. The molecule has 32 heavy (non-hydrogen) atoms. The van der Waals surface area contributed by atoms with Gasteiger partial charge >= 0.3 is 0 Å². The van der Waals surface area contributed by atoms with Crippen molar-refractivity contribution in [3.63, 3.8) is 0 Å². The first-order valence-electron chi connectivity index (χ1n) is 10.3. The number of anilines is 1. The number of sulfonamides is 1. The van der Waals surface area contributed by atoms with Gasteiger partial charge in [0.2, 0.25) is 0 Å². The third-order valence-electron chi connectivity index (χ3n) is 5.59. The van der Waals surface area contributed by atoms with Gasteiger partial charge < -0.3 is 5.32 Å². The van der Waals surface area contributed by atoms with Gasteiger partial charge in [0, 0.05) is 6.54 Å². The van der Waals surface area contributed by atoms with E-state index in [4.69, 9.17) is 0 Å². The van der Waals surface area contributed by atoms with Gasteiger partial charge in [0.25, 0.3) is 15.9 Å². The predicted molar refractivity (Wildman–Crippen MR) is 125 cm³/mol. The highest BCUT2D eigenvalue weighted by molar-refractivity contribution is 7.92. The van der Waals surface area contributed by atoms with Crippen LogP contribution in [0.4, 0.5) is 10.1 Å². The van der Waals surface area contributed by atoms with E-state index in [-0.39, 0.29) is 27.9 Å². The van der Waals surface area contributed by atoms with E-state index in [1.165, 1.54) is 12.1 Å². The van der Waals surface area contributed by atoms with Gasteiger partial charge in [0.15, 0.2) is 0 Å². The number of amides is 1.